The number of alkyl halides is 2. The van der Waals surface area contributed by atoms with Crippen LogP contribution in [-0.4, -0.2) is 67.5 Å². The van der Waals surface area contributed by atoms with Gasteiger partial charge in [0, 0.05) is 32.7 Å². The molecule has 8 heteroatoms. The van der Waals surface area contributed by atoms with Crippen molar-refractivity contribution in [1.29, 1.82) is 0 Å². The second-order valence-corrected chi connectivity index (χ2v) is 6.64. The molecule has 0 spiro atoms. The third-order valence-electron chi connectivity index (χ3n) is 4.07. The van der Waals surface area contributed by atoms with E-state index in [0.717, 1.165) is 0 Å². The van der Waals surface area contributed by atoms with Gasteiger partial charge in [0.15, 0.2) is 0 Å². The molecule has 0 atom stereocenters. The van der Waals surface area contributed by atoms with E-state index in [2.05, 4.69) is 10.1 Å². The van der Waals surface area contributed by atoms with Crippen LogP contribution in [-0.2, 0) is 4.79 Å². The molecule has 1 fully saturated rings. The predicted octanol–water partition coefficient (Wildman–Crippen LogP) is 1.82. The van der Waals surface area contributed by atoms with E-state index < -0.39 is 6.61 Å². The van der Waals surface area contributed by atoms with Gasteiger partial charge >= 0.3 is 6.61 Å². The molecule has 2 rings (SSSR count). The van der Waals surface area contributed by atoms with E-state index in [0.29, 0.717) is 45.2 Å². The average molecular weight is 369 g/mol. The molecule has 0 bridgehead atoms. The summed E-state index contributed by atoms with van der Waals surface area (Å²) in [5, 5.41) is 2.87. The van der Waals surface area contributed by atoms with Crippen molar-refractivity contribution in [3.63, 3.8) is 0 Å². The van der Waals surface area contributed by atoms with Gasteiger partial charge in [-0.1, -0.05) is 26.0 Å². The van der Waals surface area contributed by atoms with Crippen molar-refractivity contribution >= 4 is 11.8 Å². The lowest BCUT2D eigenvalue weighted by Crippen LogP contribution is -2.51. The summed E-state index contributed by atoms with van der Waals surface area (Å²) in [4.78, 5) is 28.1. The number of nitrogens with zero attached hydrogens (tertiary/aromatic N) is 2. The summed E-state index contributed by atoms with van der Waals surface area (Å²) in [6.45, 7) is 3.97. The first-order valence-corrected chi connectivity index (χ1v) is 8.69. The van der Waals surface area contributed by atoms with Crippen molar-refractivity contribution in [2.24, 2.45) is 5.92 Å². The molecule has 1 saturated heterocycles. The van der Waals surface area contributed by atoms with Gasteiger partial charge in [0.2, 0.25) is 5.91 Å². The van der Waals surface area contributed by atoms with Crippen LogP contribution in [0, 0.1) is 5.92 Å². The smallest absolute Gasteiger partial charge is 0.387 e. The zero-order valence-corrected chi connectivity index (χ0v) is 15.1. The van der Waals surface area contributed by atoms with Crippen LogP contribution in [0.1, 0.15) is 24.2 Å². The Bertz CT molecular complexity index is 617. The molecule has 0 unspecified atom stereocenters. The summed E-state index contributed by atoms with van der Waals surface area (Å²) in [7, 11) is 0. The molecule has 0 aliphatic carbocycles. The largest absolute Gasteiger partial charge is 0.434 e. The Balaban J connectivity index is 1.88. The molecule has 2 amide bonds. The van der Waals surface area contributed by atoms with Gasteiger partial charge < -0.3 is 15.0 Å². The van der Waals surface area contributed by atoms with E-state index in [1.807, 2.05) is 18.7 Å². The lowest BCUT2D eigenvalue weighted by Gasteiger charge is -2.34. The van der Waals surface area contributed by atoms with Crippen LogP contribution in [0.2, 0.25) is 0 Å². The fourth-order valence-corrected chi connectivity index (χ4v) is 2.70. The van der Waals surface area contributed by atoms with Gasteiger partial charge in [-0.25, -0.2) is 0 Å². The number of halogens is 2. The first kappa shape index (κ1) is 20.1. The Morgan fingerprint density at radius 1 is 1.15 bits per heavy atom. The highest BCUT2D eigenvalue weighted by molar-refractivity contribution is 5.97. The minimum atomic E-state index is -2.98. The Labute approximate surface area is 152 Å². The van der Waals surface area contributed by atoms with E-state index in [1.54, 1.807) is 17.0 Å². The molecule has 1 aliphatic rings. The molecule has 0 saturated carbocycles. The van der Waals surface area contributed by atoms with Crippen molar-refractivity contribution in [3.05, 3.63) is 29.8 Å². The molecule has 0 radical (unpaired) electrons. The van der Waals surface area contributed by atoms with Crippen molar-refractivity contribution < 1.29 is 23.1 Å². The topological polar surface area (TPSA) is 61.9 Å². The summed E-state index contributed by atoms with van der Waals surface area (Å²) in [6.07, 6.45) is 0. The first-order chi connectivity index (χ1) is 12.4. The summed E-state index contributed by atoms with van der Waals surface area (Å²) in [6, 6.07) is 5.99. The highest BCUT2D eigenvalue weighted by Crippen LogP contribution is 2.22. The Kier molecular flexibility index (Phi) is 7.32. The standard InChI is InChI=1S/C18H25F2N3O3/c1-13(2)11-21-16(24)12-22-7-9-23(10-8-22)17(25)14-5-3-4-6-15(14)26-18(19)20/h3-6,13,18H,7-12H2,1-2H3,(H,21,24). The summed E-state index contributed by atoms with van der Waals surface area (Å²) in [5.74, 6) is -0.105. The summed E-state index contributed by atoms with van der Waals surface area (Å²) >= 11 is 0. The van der Waals surface area contributed by atoms with E-state index in [1.165, 1.54) is 12.1 Å². The van der Waals surface area contributed by atoms with Gasteiger partial charge in [-0.3, -0.25) is 14.5 Å². The molecule has 1 N–H and O–H groups in total. The number of para-hydroxylation sites is 1. The van der Waals surface area contributed by atoms with E-state index >= 15 is 0 Å². The lowest BCUT2D eigenvalue weighted by atomic mass is 10.1. The lowest BCUT2D eigenvalue weighted by molar-refractivity contribution is -0.122. The van der Waals surface area contributed by atoms with Crippen molar-refractivity contribution in [3.8, 4) is 5.75 Å². The van der Waals surface area contributed by atoms with Crippen molar-refractivity contribution in [2.45, 2.75) is 20.5 Å². The summed E-state index contributed by atoms with van der Waals surface area (Å²) < 4.78 is 29.4. The number of rotatable bonds is 7. The Hall–Kier alpha value is -2.22. The highest BCUT2D eigenvalue weighted by Gasteiger charge is 2.25. The predicted molar refractivity (Wildman–Crippen MR) is 93.3 cm³/mol. The minimum absolute atomic E-state index is 0.0332. The summed E-state index contributed by atoms with van der Waals surface area (Å²) in [5.41, 5.74) is 0.121. The van der Waals surface area contributed by atoms with Crippen LogP contribution in [0.3, 0.4) is 0 Å². The van der Waals surface area contributed by atoms with Crippen LogP contribution in [0.5, 0.6) is 5.75 Å². The molecule has 0 aromatic heterocycles. The van der Waals surface area contributed by atoms with E-state index in [4.69, 9.17) is 0 Å². The number of hydrogen-bond donors (Lipinski definition) is 1. The molecule has 1 aromatic rings. The number of benzene rings is 1. The first-order valence-electron chi connectivity index (χ1n) is 8.69. The molecule has 1 heterocycles. The minimum Gasteiger partial charge on any atom is -0.434 e. The Morgan fingerprint density at radius 3 is 2.42 bits per heavy atom. The molecular formula is C18H25F2N3O3. The number of ether oxygens (including phenoxy) is 1. The van der Waals surface area contributed by atoms with Gasteiger partial charge in [0.05, 0.1) is 12.1 Å². The zero-order chi connectivity index (χ0) is 19.1. The molecule has 26 heavy (non-hydrogen) atoms. The van der Waals surface area contributed by atoms with Crippen LogP contribution in [0.4, 0.5) is 8.78 Å². The normalized spacial score (nSPS) is 15.4. The van der Waals surface area contributed by atoms with Crippen LogP contribution in [0.25, 0.3) is 0 Å². The van der Waals surface area contributed by atoms with Gasteiger partial charge in [-0.05, 0) is 18.1 Å². The number of hydrogen-bond acceptors (Lipinski definition) is 4. The SMILES string of the molecule is CC(C)CNC(=O)CN1CCN(C(=O)c2ccccc2OC(F)F)CC1. The molecule has 1 aliphatic heterocycles. The third-order valence-corrected chi connectivity index (χ3v) is 4.07. The maximum Gasteiger partial charge on any atom is 0.387 e. The van der Waals surface area contributed by atoms with Crippen LogP contribution < -0.4 is 10.1 Å². The van der Waals surface area contributed by atoms with Gasteiger partial charge in [-0.2, -0.15) is 8.78 Å². The maximum atomic E-state index is 12.6. The quantitative estimate of drug-likeness (QED) is 0.796. The van der Waals surface area contributed by atoms with E-state index in [-0.39, 0.29) is 23.1 Å². The number of carbonyl (C=O) groups is 2. The van der Waals surface area contributed by atoms with Crippen LogP contribution >= 0.6 is 0 Å². The molecule has 6 nitrogen and oxygen atoms in total. The monoisotopic (exact) mass is 369 g/mol. The van der Waals surface area contributed by atoms with E-state index in [9.17, 15) is 18.4 Å². The second kappa shape index (κ2) is 9.47. The molecule has 144 valence electrons. The van der Waals surface area contributed by atoms with Crippen molar-refractivity contribution in [1.82, 2.24) is 15.1 Å². The van der Waals surface area contributed by atoms with Gasteiger partial charge in [0.1, 0.15) is 5.75 Å². The fraction of sp³-hybridized carbons (Fsp3) is 0.556. The highest BCUT2D eigenvalue weighted by atomic mass is 19.3. The third kappa shape index (κ3) is 5.94. The zero-order valence-electron chi connectivity index (χ0n) is 15.1. The average Bonchev–Trinajstić information content (AvgIpc) is 2.60. The number of nitrogens with one attached hydrogen (secondary N) is 1. The van der Waals surface area contributed by atoms with Gasteiger partial charge in [0.25, 0.3) is 5.91 Å². The molecule has 1 aromatic carbocycles. The molecular weight excluding hydrogens is 344 g/mol. The fourth-order valence-electron chi connectivity index (χ4n) is 2.70. The number of piperazine rings is 1. The number of carbonyl (C=O) groups excluding carboxylic acids is 2. The Morgan fingerprint density at radius 2 is 1.81 bits per heavy atom. The van der Waals surface area contributed by atoms with Gasteiger partial charge in [-0.15, -0.1) is 0 Å². The van der Waals surface area contributed by atoms with Crippen molar-refractivity contribution in [2.75, 3.05) is 39.3 Å². The maximum absolute atomic E-state index is 12.6. The number of amides is 2. The second-order valence-electron chi connectivity index (χ2n) is 6.64. The van der Waals surface area contributed by atoms with Crippen LogP contribution in [0.15, 0.2) is 24.3 Å².